The highest BCUT2D eigenvalue weighted by Gasteiger charge is 2.35. The zero-order chi connectivity index (χ0) is 15.4. The number of nitrogens with one attached hydrogen (secondary N) is 2. The minimum absolute atomic E-state index is 0. The summed E-state index contributed by atoms with van der Waals surface area (Å²) >= 11 is 0. The molecule has 4 nitrogen and oxygen atoms in total. The Bertz CT molecular complexity index is 512. The second-order valence-corrected chi connectivity index (χ2v) is 6.31. The number of ether oxygens (including phenoxy) is 1. The van der Waals surface area contributed by atoms with E-state index in [1.165, 1.54) is 12.1 Å². The maximum Gasteiger partial charge on any atom is 0.224 e. The molecular formula is C17H24ClFN2O2. The highest BCUT2D eigenvalue weighted by molar-refractivity contribution is 5.85. The molecule has 0 bridgehead atoms. The molecule has 6 heteroatoms. The third kappa shape index (κ3) is 4.22. The van der Waals surface area contributed by atoms with Crippen LogP contribution in [0.15, 0.2) is 24.3 Å². The molecule has 2 N–H and O–H groups in total. The smallest absolute Gasteiger partial charge is 0.224 e. The summed E-state index contributed by atoms with van der Waals surface area (Å²) in [6.07, 6.45) is 2.60. The Morgan fingerprint density at radius 1 is 1.30 bits per heavy atom. The van der Waals surface area contributed by atoms with Crippen molar-refractivity contribution in [1.29, 1.82) is 0 Å². The zero-order valence-electron chi connectivity index (χ0n) is 13.1. The molecule has 2 saturated heterocycles. The molecule has 0 spiro atoms. The molecule has 2 aliphatic rings. The van der Waals surface area contributed by atoms with E-state index in [0.29, 0.717) is 19.8 Å². The van der Waals surface area contributed by atoms with Crippen molar-refractivity contribution in [3.63, 3.8) is 0 Å². The van der Waals surface area contributed by atoms with Gasteiger partial charge in [0.15, 0.2) is 0 Å². The van der Waals surface area contributed by atoms with Gasteiger partial charge < -0.3 is 15.4 Å². The fourth-order valence-corrected chi connectivity index (χ4v) is 3.41. The second kappa shape index (κ2) is 8.08. The van der Waals surface area contributed by atoms with Gasteiger partial charge in [0.05, 0.1) is 5.92 Å². The van der Waals surface area contributed by atoms with Gasteiger partial charge in [-0.05, 0) is 43.5 Å². The van der Waals surface area contributed by atoms with Crippen molar-refractivity contribution in [1.82, 2.24) is 10.6 Å². The quantitative estimate of drug-likeness (QED) is 0.880. The number of rotatable bonds is 4. The molecule has 1 unspecified atom stereocenters. The molecule has 23 heavy (non-hydrogen) atoms. The first-order chi connectivity index (χ1) is 10.7. The first kappa shape index (κ1) is 18.2. The van der Waals surface area contributed by atoms with Gasteiger partial charge in [0.1, 0.15) is 5.82 Å². The van der Waals surface area contributed by atoms with Crippen LogP contribution in [0.5, 0.6) is 0 Å². The number of hydrogen-bond donors (Lipinski definition) is 2. The number of amides is 1. The van der Waals surface area contributed by atoms with E-state index in [2.05, 4.69) is 10.6 Å². The predicted octanol–water partition coefficient (Wildman–Crippen LogP) is 2.02. The van der Waals surface area contributed by atoms with Crippen molar-refractivity contribution in [2.24, 2.45) is 5.92 Å². The molecule has 0 radical (unpaired) electrons. The molecule has 1 aromatic rings. The Morgan fingerprint density at radius 3 is 2.61 bits per heavy atom. The maximum absolute atomic E-state index is 13.2. The van der Waals surface area contributed by atoms with Crippen LogP contribution in [0.4, 0.5) is 4.39 Å². The van der Waals surface area contributed by atoms with Crippen molar-refractivity contribution in [2.75, 3.05) is 32.8 Å². The molecule has 0 saturated carbocycles. The average Bonchev–Trinajstić information content (AvgIpc) is 3.09. The van der Waals surface area contributed by atoms with Crippen molar-refractivity contribution < 1.29 is 13.9 Å². The summed E-state index contributed by atoms with van der Waals surface area (Å²) in [5.74, 6) is -0.0323. The second-order valence-electron chi connectivity index (χ2n) is 6.31. The molecule has 1 amide bonds. The summed E-state index contributed by atoms with van der Waals surface area (Å²) in [5.41, 5.74) is 0.940. The topological polar surface area (TPSA) is 50.4 Å². The number of benzene rings is 1. The van der Waals surface area contributed by atoms with E-state index in [-0.39, 0.29) is 35.5 Å². The predicted molar refractivity (Wildman–Crippen MR) is 89.4 cm³/mol. The number of hydrogen-bond acceptors (Lipinski definition) is 3. The third-order valence-corrected chi connectivity index (χ3v) is 4.94. The first-order valence-corrected chi connectivity index (χ1v) is 8.02. The Kier molecular flexibility index (Phi) is 6.39. The molecular weight excluding hydrogens is 319 g/mol. The lowest BCUT2D eigenvalue weighted by Gasteiger charge is -2.38. The van der Waals surface area contributed by atoms with Crippen LogP contribution >= 0.6 is 12.4 Å². The minimum atomic E-state index is -0.230. The van der Waals surface area contributed by atoms with Crippen LogP contribution in [0.3, 0.4) is 0 Å². The Labute approximate surface area is 142 Å². The van der Waals surface area contributed by atoms with Crippen LogP contribution in [0.1, 0.15) is 24.8 Å². The lowest BCUT2D eigenvalue weighted by molar-refractivity contribution is -0.124. The zero-order valence-corrected chi connectivity index (χ0v) is 14.0. The van der Waals surface area contributed by atoms with E-state index in [9.17, 15) is 9.18 Å². The van der Waals surface area contributed by atoms with E-state index >= 15 is 0 Å². The third-order valence-electron chi connectivity index (χ3n) is 4.94. The normalized spacial score (nSPS) is 23.1. The van der Waals surface area contributed by atoms with Crippen LogP contribution < -0.4 is 10.6 Å². The monoisotopic (exact) mass is 342 g/mol. The van der Waals surface area contributed by atoms with Gasteiger partial charge in [0.25, 0.3) is 0 Å². The number of carbonyl (C=O) groups is 1. The summed E-state index contributed by atoms with van der Waals surface area (Å²) in [6.45, 7) is 3.63. The molecule has 1 aromatic carbocycles. The molecule has 128 valence electrons. The highest BCUT2D eigenvalue weighted by atomic mass is 35.5. The van der Waals surface area contributed by atoms with Crippen LogP contribution in [-0.2, 0) is 14.9 Å². The lowest BCUT2D eigenvalue weighted by atomic mass is 9.74. The number of halogens is 2. The Morgan fingerprint density at radius 2 is 2.00 bits per heavy atom. The fraction of sp³-hybridized carbons (Fsp3) is 0.588. The van der Waals surface area contributed by atoms with E-state index < -0.39 is 0 Å². The molecule has 3 rings (SSSR count). The van der Waals surface area contributed by atoms with Crippen molar-refractivity contribution in [3.8, 4) is 0 Å². The molecule has 2 fully saturated rings. The van der Waals surface area contributed by atoms with Crippen LogP contribution in [0, 0.1) is 11.7 Å². The molecule has 2 aliphatic heterocycles. The van der Waals surface area contributed by atoms with Crippen LogP contribution in [0.25, 0.3) is 0 Å². The SMILES string of the molecule is Cl.O=C(NCC1(c2ccc(F)cc2)CCOCC1)C1CCNC1. The van der Waals surface area contributed by atoms with Gasteiger partial charge in [-0.1, -0.05) is 12.1 Å². The van der Waals surface area contributed by atoms with Gasteiger partial charge in [0.2, 0.25) is 5.91 Å². The summed E-state index contributed by atoms with van der Waals surface area (Å²) in [7, 11) is 0. The largest absolute Gasteiger partial charge is 0.381 e. The van der Waals surface area contributed by atoms with Crippen molar-refractivity contribution in [2.45, 2.75) is 24.7 Å². The first-order valence-electron chi connectivity index (χ1n) is 8.02. The Balaban J connectivity index is 0.00000192. The fourth-order valence-electron chi connectivity index (χ4n) is 3.41. The maximum atomic E-state index is 13.2. The van der Waals surface area contributed by atoms with Crippen molar-refractivity contribution in [3.05, 3.63) is 35.6 Å². The van der Waals surface area contributed by atoms with Gasteiger partial charge in [-0.25, -0.2) is 4.39 Å². The number of carbonyl (C=O) groups excluding carboxylic acids is 1. The summed E-state index contributed by atoms with van der Waals surface area (Å²) in [5, 5.41) is 6.34. The summed E-state index contributed by atoms with van der Waals surface area (Å²) < 4.78 is 18.7. The van der Waals surface area contributed by atoms with E-state index in [0.717, 1.165) is 37.9 Å². The van der Waals surface area contributed by atoms with Gasteiger partial charge in [-0.3, -0.25) is 4.79 Å². The molecule has 0 aliphatic carbocycles. The molecule has 2 heterocycles. The average molecular weight is 343 g/mol. The molecule has 0 aromatic heterocycles. The van der Waals surface area contributed by atoms with Crippen molar-refractivity contribution >= 4 is 18.3 Å². The van der Waals surface area contributed by atoms with Gasteiger partial charge in [-0.15, -0.1) is 12.4 Å². The van der Waals surface area contributed by atoms with E-state index in [4.69, 9.17) is 4.74 Å². The van der Waals surface area contributed by atoms with Gasteiger partial charge in [-0.2, -0.15) is 0 Å². The van der Waals surface area contributed by atoms with E-state index in [1.807, 2.05) is 12.1 Å². The Hall–Kier alpha value is -1.17. The minimum Gasteiger partial charge on any atom is -0.381 e. The van der Waals surface area contributed by atoms with Gasteiger partial charge >= 0.3 is 0 Å². The molecule has 1 atom stereocenters. The lowest BCUT2D eigenvalue weighted by Crippen LogP contribution is -2.46. The van der Waals surface area contributed by atoms with Crippen LogP contribution in [0.2, 0.25) is 0 Å². The van der Waals surface area contributed by atoms with Crippen LogP contribution in [-0.4, -0.2) is 38.8 Å². The van der Waals surface area contributed by atoms with E-state index in [1.54, 1.807) is 0 Å². The standard InChI is InChI=1S/C17H23FN2O2.ClH/c18-15-3-1-14(2-4-15)17(6-9-22-10-7-17)12-20-16(21)13-5-8-19-11-13;/h1-4,13,19H,5-12H2,(H,20,21);1H. The highest BCUT2D eigenvalue weighted by Crippen LogP contribution is 2.34. The summed E-state index contributed by atoms with van der Waals surface area (Å²) in [4.78, 5) is 12.3. The van der Waals surface area contributed by atoms with Gasteiger partial charge in [0, 0.05) is 31.7 Å². The summed E-state index contributed by atoms with van der Waals surface area (Å²) in [6, 6.07) is 6.67.